The Hall–Kier alpha value is -1.66. The van der Waals surface area contributed by atoms with Gasteiger partial charge in [0, 0.05) is 6.20 Å². The van der Waals surface area contributed by atoms with E-state index in [1.807, 2.05) is 0 Å². The molecule has 1 rings (SSSR count). The highest BCUT2D eigenvalue weighted by atomic mass is 19.4. The molecular formula is C7H5F3N2O2. The quantitative estimate of drug-likeness (QED) is 0.649. The molecule has 0 aliphatic heterocycles. The van der Waals surface area contributed by atoms with Gasteiger partial charge in [-0.05, 0) is 6.07 Å². The Balaban J connectivity index is 3.08. The highest BCUT2D eigenvalue weighted by Crippen LogP contribution is 2.26. The standard InChI is InChI=1S/C7H5F3N2O2/c1-14-6(13)5-11-3-2-4(12-5)7(8,9)10/h2-3H,1H3. The predicted molar refractivity (Wildman–Crippen MR) is 38.4 cm³/mol. The van der Waals surface area contributed by atoms with Gasteiger partial charge in [0.25, 0.3) is 0 Å². The van der Waals surface area contributed by atoms with Crippen LogP contribution in [0.25, 0.3) is 0 Å². The molecule has 0 amide bonds. The van der Waals surface area contributed by atoms with Gasteiger partial charge in [0.2, 0.25) is 5.82 Å². The number of rotatable bonds is 1. The summed E-state index contributed by atoms with van der Waals surface area (Å²) in [6, 6.07) is 0.673. The molecule has 0 radical (unpaired) electrons. The first-order valence-corrected chi connectivity index (χ1v) is 3.43. The van der Waals surface area contributed by atoms with Crippen molar-refractivity contribution in [3.8, 4) is 0 Å². The first kappa shape index (κ1) is 10.4. The number of hydrogen-bond acceptors (Lipinski definition) is 4. The average Bonchev–Trinajstić information content (AvgIpc) is 2.15. The van der Waals surface area contributed by atoms with Gasteiger partial charge >= 0.3 is 12.1 Å². The van der Waals surface area contributed by atoms with E-state index in [4.69, 9.17) is 0 Å². The van der Waals surface area contributed by atoms with Crippen molar-refractivity contribution >= 4 is 5.97 Å². The van der Waals surface area contributed by atoms with Crippen LogP contribution in [-0.4, -0.2) is 23.0 Å². The zero-order chi connectivity index (χ0) is 10.8. The van der Waals surface area contributed by atoms with Crippen molar-refractivity contribution in [3.63, 3.8) is 0 Å². The lowest BCUT2D eigenvalue weighted by atomic mass is 10.4. The molecule has 0 atom stereocenters. The minimum Gasteiger partial charge on any atom is -0.463 e. The van der Waals surface area contributed by atoms with Crippen molar-refractivity contribution in [2.45, 2.75) is 6.18 Å². The third-order valence-corrected chi connectivity index (χ3v) is 1.31. The molecule has 0 aromatic carbocycles. The van der Waals surface area contributed by atoms with Gasteiger partial charge in [0.05, 0.1) is 7.11 Å². The van der Waals surface area contributed by atoms with Crippen LogP contribution < -0.4 is 0 Å². The van der Waals surface area contributed by atoms with E-state index in [0.717, 1.165) is 13.3 Å². The lowest BCUT2D eigenvalue weighted by Crippen LogP contribution is -2.14. The van der Waals surface area contributed by atoms with Gasteiger partial charge < -0.3 is 4.74 Å². The summed E-state index contributed by atoms with van der Waals surface area (Å²) in [7, 11) is 1.03. The maximum atomic E-state index is 12.1. The summed E-state index contributed by atoms with van der Waals surface area (Å²) in [5.41, 5.74) is -1.17. The van der Waals surface area contributed by atoms with Crippen LogP contribution >= 0.6 is 0 Å². The first-order chi connectivity index (χ1) is 6.45. The van der Waals surface area contributed by atoms with Gasteiger partial charge in [0.1, 0.15) is 5.69 Å². The molecule has 0 fully saturated rings. The van der Waals surface area contributed by atoms with Crippen LogP contribution in [0.3, 0.4) is 0 Å². The summed E-state index contributed by atoms with van der Waals surface area (Å²) in [4.78, 5) is 17.1. The molecule has 0 aliphatic rings. The van der Waals surface area contributed by atoms with E-state index in [-0.39, 0.29) is 0 Å². The molecule has 1 aromatic rings. The fourth-order valence-electron chi connectivity index (χ4n) is 0.706. The Bertz CT molecular complexity index is 351. The minimum atomic E-state index is -4.59. The maximum absolute atomic E-state index is 12.1. The summed E-state index contributed by atoms with van der Waals surface area (Å²) in [6.07, 6.45) is -3.74. The lowest BCUT2D eigenvalue weighted by molar-refractivity contribution is -0.141. The van der Waals surface area contributed by atoms with Gasteiger partial charge in [0.15, 0.2) is 0 Å². The van der Waals surface area contributed by atoms with Crippen LogP contribution in [0, 0.1) is 0 Å². The molecular weight excluding hydrogens is 201 g/mol. The Morgan fingerprint density at radius 3 is 2.64 bits per heavy atom. The van der Waals surface area contributed by atoms with Crippen molar-refractivity contribution < 1.29 is 22.7 Å². The number of ether oxygens (including phenoxy) is 1. The summed E-state index contributed by atoms with van der Waals surface area (Å²) >= 11 is 0. The molecule has 0 aliphatic carbocycles. The van der Waals surface area contributed by atoms with Crippen LogP contribution in [0.4, 0.5) is 13.2 Å². The van der Waals surface area contributed by atoms with Crippen molar-refractivity contribution in [1.29, 1.82) is 0 Å². The zero-order valence-electron chi connectivity index (χ0n) is 7.00. The Morgan fingerprint density at radius 1 is 1.50 bits per heavy atom. The van der Waals surface area contributed by atoms with Gasteiger partial charge in [-0.25, -0.2) is 14.8 Å². The van der Waals surface area contributed by atoms with Crippen LogP contribution in [-0.2, 0) is 10.9 Å². The minimum absolute atomic E-state index is 0.609. The summed E-state index contributed by atoms with van der Waals surface area (Å²) in [5, 5.41) is 0. The molecule has 0 N–H and O–H groups in total. The fourth-order valence-corrected chi connectivity index (χ4v) is 0.706. The molecule has 0 unspecified atom stereocenters. The molecule has 4 nitrogen and oxygen atoms in total. The average molecular weight is 206 g/mol. The maximum Gasteiger partial charge on any atom is 0.433 e. The van der Waals surface area contributed by atoms with Crippen molar-refractivity contribution in [2.24, 2.45) is 0 Å². The Kier molecular flexibility index (Phi) is 2.68. The number of nitrogens with zero attached hydrogens (tertiary/aromatic N) is 2. The largest absolute Gasteiger partial charge is 0.463 e. The van der Waals surface area contributed by atoms with Crippen molar-refractivity contribution in [1.82, 2.24) is 9.97 Å². The lowest BCUT2D eigenvalue weighted by Gasteiger charge is -2.05. The summed E-state index contributed by atoms with van der Waals surface area (Å²) in [5.74, 6) is -1.61. The van der Waals surface area contributed by atoms with Crippen molar-refractivity contribution in [3.05, 3.63) is 23.8 Å². The van der Waals surface area contributed by atoms with E-state index in [1.54, 1.807) is 0 Å². The second-order valence-electron chi connectivity index (χ2n) is 2.25. The zero-order valence-corrected chi connectivity index (χ0v) is 7.00. The third-order valence-electron chi connectivity index (χ3n) is 1.31. The number of carbonyl (C=O) groups is 1. The van der Waals surface area contributed by atoms with Gasteiger partial charge in [-0.3, -0.25) is 0 Å². The van der Waals surface area contributed by atoms with Crippen molar-refractivity contribution in [2.75, 3.05) is 7.11 Å². The van der Waals surface area contributed by atoms with E-state index in [9.17, 15) is 18.0 Å². The van der Waals surface area contributed by atoms with E-state index in [1.165, 1.54) is 0 Å². The normalized spacial score (nSPS) is 11.1. The fraction of sp³-hybridized carbons (Fsp3) is 0.286. The Labute approximate surface area is 76.7 Å². The molecule has 0 saturated carbocycles. The molecule has 0 spiro atoms. The highest BCUT2D eigenvalue weighted by molar-refractivity contribution is 5.84. The van der Waals surface area contributed by atoms with Gasteiger partial charge in [-0.1, -0.05) is 0 Å². The molecule has 1 aromatic heterocycles. The number of alkyl halides is 3. The molecule has 0 bridgehead atoms. The van der Waals surface area contributed by atoms with Crippen LogP contribution in [0.1, 0.15) is 16.3 Å². The van der Waals surface area contributed by atoms with E-state index >= 15 is 0 Å². The SMILES string of the molecule is COC(=O)c1nccc(C(F)(F)F)n1. The molecule has 7 heteroatoms. The van der Waals surface area contributed by atoms with Gasteiger partial charge in [-0.15, -0.1) is 0 Å². The summed E-state index contributed by atoms with van der Waals surface area (Å²) < 4.78 is 40.5. The third kappa shape index (κ3) is 2.18. The van der Waals surface area contributed by atoms with E-state index in [0.29, 0.717) is 6.07 Å². The number of aromatic nitrogens is 2. The topological polar surface area (TPSA) is 52.1 Å². The summed E-state index contributed by atoms with van der Waals surface area (Å²) in [6.45, 7) is 0. The second-order valence-corrected chi connectivity index (χ2v) is 2.25. The number of hydrogen-bond donors (Lipinski definition) is 0. The number of esters is 1. The molecule has 76 valence electrons. The van der Waals surface area contributed by atoms with Crippen LogP contribution in [0.5, 0.6) is 0 Å². The predicted octanol–water partition coefficient (Wildman–Crippen LogP) is 1.28. The highest BCUT2D eigenvalue weighted by Gasteiger charge is 2.33. The number of halogens is 3. The van der Waals surface area contributed by atoms with E-state index in [2.05, 4.69) is 14.7 Å². The van der Waals surface area contributed by atoms with Crippen LogP contribution in [0.2, 0.25) is 0 Å². The molecule has 14 heavy (non-hydrogen) atoms. The van der Waals surface area contributed by atoms with Crippen LogP contribution in [0.15, 0.2) is 12.3 Å². The Morgan fingerprint density at radius 2 is 2.14 bits per heavy atom. The molecule has 1 heterocycles. The number of carbonyl (C=O) groups excluding carboxylic acids is 1. The van der Waals surface area contributed by atoms with E-state index < -0.39 is 23.7 Å². The second kappa shape index (κ2) is 3.60. The smallest absolute Gasteiger partial charge is 0.433 e. The first-order valence-electron chi connectivity index (χ1n) is 3.43. The monoisotopic (exact) mass is 206 g/mol. The number of methoxy groups -OCH3 is 1. The van der Waals surface area contributed by atoms with Gasteiger partial charge in [-0.2, -0.15) is 13.2 Å². The molecule has 0 saturated heterocycles.